The Morgan fingerprint density at radius 3 is 2.83 bits per heavy atom. The molecule has 0 bridgehead atoms. The molecule has 1 amide bonds. The van der Waals surface area contributed by atoms with E-state index in [-0.39, 0.29) is 5.91 Å². The van der Waals surface area contributed by atoms with Crippen molar-refractivity contribution in [3.05, 3.63) is 39.5 Å². The summed E-state index contributed by atoms with van der Waals surface area (Å²) in [5.74, 6) is 0.201. The Balaban J connectivity index is 2.03. The number of pyridine rings is 1. The van der Waals surface area contributed by atoms with Gasteiger partial charge in [0.15, 0.2) is 0 Å². The lowest BCUT2D eigenvalue weighted by Gasteiger charge is -2.05. The van der Waals surface area contributed by atoms with Gasteiger partial charge in [0.25, 0.3) is 5.91 Å². The minimum atomic E-state index is -0.154. The maximum atomic E-state index is 11.9. The smallest absolute Gasteiger partial charge is 0.251 e. The van der Waals surface area contributed by atoms with Crippen molar-refractivity contribution >= 4 is 23.1 Å². The SMILES string of the molecule is Cc1cc(C(=O)NCc2cnc(C)s2)cc(N)n1. The van der Waals surface area contributed by atoms with E-state index in [0.29, 0.717) is 17.9 Å². The predicted molar refractivity (Wildman–Crippen MR) is 71.4 cm³/mol. The number of carbonyl (C=O) groups excluding carboxylic acids is 1. The molecule has 2 heterocycles. The molecule has 3 N–H and O–H groups in total. The van der Waals surface area contributed by atoms with Gasteiger partial charge in [0.1, 0.15) is 5.82 Å². The minimum Gasteiger partial charge on any atom is -0.384 e. The lowest BCUT2D eigenvalue weighted by atomic mass is 10.2. The number of hydrogen-bond acceptors (Lipinski definition) is 5. The summed E-state index contributed by atoms with van der Waals surface area (Å²) >= 11 is 1.57. The van der Waals surface area contributed by atoms with Gasteiger partial charge in [-0.3, -0.25) is 4.79 Å². The number of hydrogen-bond donors (Lipinski definition) is 2. The van der Waals surface area contributed by atoms with Gasteiger partial charge in [-0.15, -0.1) is 11.3 Å². The van der Waals surface area contributed by atoms with Gasteiger partial charge in [0, 0.05) is 22.3 Å². The molecule has 0 atom stereocenters. The second kappa shape index (κ2) is 5.14. The number of amides is 1. The number of aryl methyl sites for hydroxylation is 2. The fourth-order valence-corrected chi connectivity index (χ4v) is 2.32. The summed E-state index contributed by atoms with van der Waals surface area (Å²) in [6.45, 7) is 4.22. The van der Waals surface area contributed by atoms with Crippen LogP contribution >= 0.6 is 11.3 Å². The molecular weight excluding hydrogens is 248 g/mol. The lowest BCUT2D eigenvalue weighted by molar-refractivity contribution is 0.0951. The number of rotatable bonds is 3. The van der Waals surface area contributed by atoms with Crippen LogP contribution in [0.1, 0.15) is 25.9 Å². The molecule has 0 fully saturated rings. The van der Waals surface area contributed by atoms with Crippen molar-refractivity contribution in [3.63, 3.8) is 0 Å². The highest BCUT2D eigenvalue weighted by Gasteiger charge is 2.08. The molecule has 2 rings (SSSR count). The molecule has 0 unspecified atom stereocenters. The zero-order valence-corrected chi connectivity index (χ0v) is 11.0. The standard InChI is InChI=1S/C12H14N4OS/c1-7-3-9(4-11(13)16-7)12(17)15-6-10-5-14-8(2)18-10/h3-5H,6H2,1-2H3,(H2,13,16)(H,15,17). The van der Waals surface area contributed by atoms with Crippen molar-refractivity contribution < 1.29 is 4.79 Å². The van der Waals surface area contributed by atoms with Gasteiger partial charge in [-0.2, -0.15) is 0 Å². The van der Waals surface area contributed by atoms with E-state index in [2.05, 4.69) is 15.3 Å². The fourth-order valence-electron chi connectivity index (χ4n) is 1.58. The summed E-state index contributed by atoms with van der Waals surface area (Å²) in [6, 6.07) is 3.28. The molecule has 0 radical (unpaired) electrons. The summed E-state index contributed by atoms with van der Waals surface area (Å²) in [4.78, 5) is 21.1. The van der Waals surface area contributed by atoms with E-state index in [1.807, 2.05) is 6.92 Å². The van der Waals surface area contributed by atoms with Gasteiger partial charge in [-0.05, 0) is 26.0 Å². The van der Waals surface area contributed by atoms with Crippen LogP contribution in [0.15, 0.2) is 18.3 Å². The van der Waals surface area contributed by atoms with Gasteiger partial charge >= 0.3 is 0 Å². The average Bonchev–Trinajstić information content (AvgIpc) is 2.70. The zero-order valence-electron chi connectivity index (χ0n) is 10.2. The van der Waals surface area contributed by atoms with Crippen LogP contribution in [0.5, 0.6) is 0 Å². The molecule has 2 aromatic rings. The second-order valence-electron chi connectivity index (χ2n) is 3.95. The van der Waals surface area contributed by atoms with Crippen molar-refractivity contribution in [3.8, 4) is 0 Å². The summed E-state index contributed by atoms with van der Waals surface area (Å²) < 4.78 is 0. The first-order valence-electron chi connectivity index (χ1n) is 5.48. The molecule has 18 heavy (non-hydrogen) atoms. The van der Waals surface area contributed by atoms with Crippen LogP contribution in [0, 0.1) is 13.8 Å². The molecule has 0 aliphatic carbocycles. The van der Waals surface area contributed by atoms with Gasteiger partial charge in [-0.25, -0.2) is 9.97 Å². The predicted octanol–water partition coefficient (Wildman–Crippen LogP) is 1.67. The van der Waals surface area contributed by atoms with Crippen LogP contribution in [0.2, 0.25) is 0 Å². The first kappa shape index (κ1) is 12.5. The Bertz CT molecular complexity index is 559. The number of anilines is 1. The Hall–Kier alpha value is -1.95. The summed E-state index contributed by atoms with van der Waals surface area (Å²) in [6.07, 6.45) is 1.77. The summed E-state index contributed by atoms with van der Waals surface area (Å²) in [5.41, 5.74) is 6.87. The molecule has 0 spiro atoms. The van der Waals surface area contributed by atoms with E-state index < -0.39 is 0 Å². The van der Waals surface area contributed by atoms with Crippen LogP contribution < -0.4 is 11.1 Å². The Morgan fingerprint density at radius 2 is 2.22 bits per heavy atom. The van der Waals surface area contributed by atoms with Crippen molar-refractivity contribution in [2.24, 2.45) is 0 Å². The zero-order chi connectivity index (χ0) is 13.1. The number of aromatic nitrogens is 2. The van der Waals surface area contributed by atoms with E-state index in [0.717, 1.165) is 15.6 Å². The third kappa shape index (κ3) is 3.04. The normalized spacial score (nSPS) is 10.3. The van der Waals surface area contributed by atoms with Crippen molar-refractivity contribution in [1.29, 1.82) is 0 Å². The van der Waals surface area contributed by atoms with E-state index in [4.69, 9.17) is 5.73 Å². The molecule has 5 nitrogen and oxygen atoms in total. The van der Waals surface area contributed by atoms with Crippen LogP contribution in [-0.2, 0) is 6.54 Å². The molecule has 0 saturated carbocycles. The molecule has 6 heteroatoms. The number of nitrogens with zero attached hydrogens (tertiary/aromatic N) is 2. The highest BCUT2D eigenvalue weighted by Crippen LogP contribution is 2.12. The van der Waals surface area contributed by atoms with Crippen LogP contribution in [-0.4, -0.2) is 15.9 Å². The quantitative estimate of drug-likeness (QED) is 0.881. The van der Waals surface area contributed by atoms with Gasteiger partial charge in [0.05, 0.1) is 11.6 Å². The van der Waals surface area contributed by atoms with Crippen molar-refractivity contribution in [1.82, 2.24) is 15.3 Å². The van der Waals surface area contributed by atoms with Crippen LogP contribution in [0.3, 0.4) is 0 Å². The Morgan fingerprint density at radius 1 is 1.44 bits per heavy atom. The first-order chi connectivity index (χ1) is 8.54. The van der Waals surface area contributed by atoms with E-state index >= 15 is 0 Å². The monoisotopic (exact) mass is 262 g/mol. The molecule has 2 aromatic heterocycles. The van der Waals surface area contributed by atoms with Gasteiger partial charge in [0.2, 0.25) is 0 Å². The molecule has 94 valence electrons. The van der Waals surface area contributed by atoms with Gasteiger partial charge < -0.3 is 11.1 Å². The van der Waals surface area contributed by atoms with Gasteiger partial charge in [-0.1, -0.05) is 0 Å². The number of carbonyl (C=O) groups is 1. The van der Waals surface area contributed by atoms with Crippen LogP contribution in [0.25, 0.3) is 0 Å². The minimum absolute atomic E-state index is 0.154. The molecular formula is C12H14N4OS. The Labute approximate surface area is 109 Å². The van der Waals surface area contributed by atoms with E-state index in [9.17, 15) is 4.79 Å². The van der Waals surface area contributed by atoms with Crippen LogP contribution in [0.4, 0.5) is 5.82 Å². The fraction of sp³-hybridized carbons (Fsp3) is 0.250. The highest BCUT2D eigenvalue weighted by atomic mass is 32.1. The van der Waals surface area contributed by atoms with E-state index in [1.54, 1.807) is 36.6 Å². The maximum Gasteiger partial charge on any atom is 0.251 e. The first-order valence-corrected chi connectivity index (χ1v) is 6.30. The van der Waals surface area contributed by atoms with E-state index in [1.165, 1.54) is 0 Å². The number of nitrogens with one attached hydrogen (secondary N) is 1. The van der Waals surface area contributed by atoms with Crippen molar-refractivity contribution in [2.75, 3.05) is 5.73 Å². The summed E-state index contributed by atoms with van der Waals surface area (Å²) in [5, 5.41) is 3.82. The topological polar surface area (TPSA) is 80.9 Å². The Kier molecular flexibility index (Phi) is 3.57. The summed E-state index contributed by atoms with van der Waals surface area (Å²) in [7, 11) is 0. The third-order valence-electron chi connectivity index (χ3n) is 2.33. The third-order valence-corrected chi connectivity index (χ3v) is 3.24. The average molecular weight is 262 g/mol. The lowest BCUT2D eigenvalue weighted by Crippen LogP contribution is -2.22. The number of thiazole rings is 1. The maximum absolute atomic E-state index is 11.9. The molecule has 0 aliphatic rings. The molecule has 0 saturated heterocycles. The molecule has 0 aliphatic heterocycles. The van der Waals surface area contributed by atoms with Crippen molar-refractivity contribution in [2.45, 2.75) is 20.4 Å². The molecule has 0 aromatic carbocycles. The highest BCUT2D eigenvalue weighted by molar-refractivity contribution is 7.11. The second-order valence-corrected chi connectivity index (χ2v) is 5.27. The number of nitrogen functional groups attached to an aromatic ring is 1. The largest absolute Gasteiger partial charge is 0.384 e. The number of nitrogens with two attached hydrogens (primary N) is 1.